The number of hydrogen-bond acceptors (Lipinski definition) is 2. The first-order chi connectivity index (χ1) is 16.5. The van der Waals surface area contributed by atoms with Gasteiger partial charge in [-0.05, 0) is 62.4 Å². The second-order valence-electron chi connectivity index (χ2n) is 8.32. The molecule has 0 atom stereocenters. The number of carbonyl (C=O) groups is 2. The van der Waals surface area contributed by atoms with E-state index in [1.165, 1.54) is 0 Å². The molecule has 4 aromatic carbocycles. The van der Waals surface area contributed by atoms with Crippen molar-refractivity contribution in [3.05, 3.63) is 131 Å². The van der Waals surface area contributed by atoms with Gasteiger partial charge >= 0.3 is 0 Å². The van der Waals surface area contributed by atoms with Gasteiger partial charge in [-0.25, -0.2) is 0 Å². The number of para-hydroxylation sites is 2. The molecule has 34 heavy (non-hydrogen) atoms. The molecule has 0 saturated heterocycles. The number of rotatable bonds is 7. The molecule has 0 fully saturated rings. The van der Waals surface area contributed by atoms with Crippen LogP contribution in [0.1, 0.15) is 31.8 Å². The van der Waals surface area contributed by atoms with Crippen LogP contribution in [0.3, 0.4) is 0 Å². The average Bonchev–Trinajstić information content (AvgIpc) is 2.88. The van der Waals surface area contributed by atoms with Crippen molar-refractivity contribution in [2.45, 2.75) is 13.8 Å². The van der Waals surface area contributed by atoms with Crippen LogP contribution in [0.5, 0.6) is 0 Å². The monoisotopic (exact) mass is 448 g/mol. The molecule has 4 aromatic rings. The Bertz CT molecular complexity index is 1130. The zero-order chi connectivity index (χ0) is 23.9. The highest BCUT2D eigenvalue weighted by Gasteiger charge is 2.22. The smallest absolute Gasteiger partial charge is 0.258 e. The minimum absolute atomic E-state index is 0.0954. The summed E-state index contributed by atoms with van der Waals surface area (Å²) in [6, 6.07) is 34.3. The summed E-state index contributed by atoms with van der Waals surface area (Å²) < 4.78 is 0. The van der Waals surface area contributed by atoms with Gasteiger partial charge in [-0.15, -0.1) is 0 Å². The van der Waals surface area contributed by atoms with Gasteiger partial charge in [0.05, 0.1) is 0 Å². The molecule has 2 amide bonds. The lowest BCUT2D eigenvalue weighted by Gasteiger charge is -2.28. The van der Waals surface area contributed by atoms with Crippen molar-refractivity contribution >= 4 is 23.2 Å². The van der Waals surface area contributed by atoms with Crippen LogP contribution in [0.4, 0.5) is 11.4 Å². The topological polar surface area (TPSA) is 40.6 Å². The molecular formula is C30H28N2O2. The third-order valence-corrected chi connectivity index (χ3v) is 5.77. The van der Waals surface area contributed by atoms with Crippen LogP contribution in [0.2, 0.25) is 0 Å². The summed E-state index contributed by atoms with van der Waals surface area (Å²) in [4.78, 5) is 30.5. The molecule has 0 spiro atoms. The fourth-order valence-electron chi connectivity index (χ4n) is 3.82. The van der Waals surface area contributed by atoms with Crippen molar-refractivity contribution in [2.75, 3.05) is 22.9 Å². The highest BCUT2D eigenvalue weighted by atomic mass is 16.2. The largest absolute Gasteiger partial charge is 0.307 e. The van der Waals surface area contributed by atoms with Crippen LogP contribution in [-0.4, -0.2) is 24.9 Å². The van der Waals surface area contributed by atoms with Crippen molar-refractivity contribution in [1.29, 1.82) is 0 Å². The van der Waals surface area contributed by atoms with Crippen molar-refractivity contribution in [1.82, 2.24) is 0 Å². The zero-order valence-electron chi connectivity index (χ0n) is 19.5. The Kier molecular flexibility index (Phi) is 7.19. The van der Waals surface area contributed by atoms with E-state index in [-0.39, 0.29) is 11.8 Å². The van der Waals surface area contributed by atoms with Crippen molar-refractivity contribution in [3.8, 4) is 0 Å². The minimum atomic E-state index is -0.0954. The first kappa shape index (κ1) is 23.0. The van der Waals surface area contributed by atoms with Gasteiger partial charge in [0.2, 0.25) is 0 Å². The van der Waals surface area contributed by atoms with Gasteiger partial charge in [0, 0.05) is 35.6 Å². The van der Waals surface area contributed by atoms with Gasteiger partial charge in [-0.2, -0.15) is 0 Å². The molecule has 0 saturated carbocycles. The molecule has 0 radical (unpaired) electrons. The quantitative estimate of drug-likeness (QED) is 0.333. The molecule has 4 nitrogen and oxygen atoms in total. The predicted molar refractivity (Wildman–Crippen MR) is 139 cm³/mol. The molecule has 0 N–H and O–H groups in total. The van der Waals surface area contributed by atoms with E-state index in [0.29, 0.717) is 24.2 Å². The van der Waals surface area contributed by atoms with Gasteiger partial charge in [0.1, 0.15) is 0 Å². The lowest BCUT2D eigenvalue weighted by molar-refractivity contribution is 0.0968. The summed E-state index contributed by atoms with van der Waals surface area (Å²) in [7, 11) is 0. The molecule has 4 rings (SSSR count). The summed E-state index contributed by atoms with van der Waals surface area (Å²) in [6.45, 7) is 4.70. The fraction of sp³-hybridized carbons (Fsp3) is 0.133. The fourth-order valence-corrected chi connectivity index (χ4v) is 3.82. The van der Waals surface area contributed by atoms with E-state index in [0.717, 1.165) is 22.5 Å². The van der Waals surface area contributed by atoms with Crippen molar-refractivity contribution < 1.29 is 9.59 Å². The third-order valence-electron chi connectivity index (χ3n) is 5.77. The molecule has 0 aliphatic carbocycles. The number of hydrogen-bond donors (Lipinski definition) is 0. The van der Waals surface area contributed by atoms with E-state index in [1.54, 1.807) is 9.80 Å². The van der Waals surface area contributed by atoms with Crippen LogP contribution >= 0.6 is 0 Å². The molecule has 4 heteroatoms. The molecule has 0 aromatic heterocycles. The molecule has 0 bridgehead atoms. The van der Waals surface area contributed by atoms with E-state index in [2.05, 4.69) is 0 Å². The van der Waals surface area contributed by atoms with Crippen molar-refractivity contribution in [3.63, 3.8) is 0 Å². The first-order valence-corrected chi connectivity index (χ1v) is 11.4. The lowest BCUT2D eigenvalue weighted by atomic mass is 10.1. The SMILES string of the molecule is Cc1ccc(C(=O)N(CCN(C(=O)c2ccc(C)cc2)c2ccccc2)c2ccccc2)cc1. The molecule has 0 aliphatic rings. The van der Waals surface area contributed by atoms with Crippen LogP contribution in [0, 0.1) is 13.8 Å². The second-order valence-corrected chi connectivity index (χ2v) is 8.32. The molecular weight excluding hydrogens is 420 g/mol. The Morgan fingerprint density at radius 2 is 0.824 bits per heavy atom. The van der Waals surface area contributed by atoms with E-state index in [4.69, 9.17) is 0 Å². The number of aryl methyl sites for hydroxylation is 2. The molecule has 0 aliphatic heterocycles. The van der Waals surface area contributed by atoms with Crippen LogP contribution in [-0.2, 0) is 0 Å². The summed E-state index contributed by atoms with van der Waals surface area (Å²) in [5.41, 5.74) is 5.02. The maximum Gasteiger partial charge on any atom is 0.258 e. The van der Waals surface area contributed by atoms with Gasteiger partial charge in [-0.3, -0.25) is 9.59 Å². The highest BCUT2D eigenvalue weighted by Crippen LogP contribution is 2.21. The number of carbonyl (C=O) groups excluding carboxylic acids is 2. The number of anilines is 2. The van der Waals surface area contributed by atoms with Crippen LogP contribution in [0.25, 0.3) is 0 Å². The van der Waals surface area contributed by atoms with E-state index in [1.807, 2.05) is 123 Å². The Morgan fingerprint density at radius 1 is 0.500 bits per heavy atom. The zero-order valence-corrected chi connectivity index (χ0v) is 19.5. The average molecular weight is 449 g/mol. The summed E-state index contributed by atoms with van der Waals surface area (Å²) in [5, 5.41) is 0. The first-order valence-electron chi connectivity index (χ1n) is 11.4. The predicted octanol–water partition coefficient (Wildman–Crippen LogP) is 6.30. The van der Waals surface area contributed by atoms with Gasteiger partial charge in [-0.1, -0.05) is 71.8 Å². The number of nitrogens with zero attached hydrogens (tertiary/aromatic N) is 2. The number of amides is 2. The van der Waals surface area contributed by atoms with Gasteiger partial charge < -0.3 is 9.80 Å². The Balaban J connectivity index is 1.64. The lowest BCUT2D eigenvalue weighted by Crippen LogP contribution is -2.41. The molecule has 0 heterocycles. The van der Waals surface area contributed by atoms with Gasteiger partial charge in [0.25, 0.3) is 11.8 Å². The summed E-state index contributed by atoms with van der Waals surface area (Å²) in [6.07, 6.45) is 0. The van der Waals surface area contributed by atoms with Gasteiger partial charge in [0.15, 0.2) is 0 Å². The Hall–Kier alpha value is -4.18. The van der Waals surface area contributed by atoms with E-state index >= 15 is 0 Å². The second kappa shape index (κ2) is 10.6. The molecule has 0 unspecified atom stereocenters. The minimum Gasteiger partial charge on any atom is -0.307 e. The van der Waals surface area contributed by atoms with Crippen LogP contribution < -0.4 is 9.80 Å². The van der Waals surface area contributed by atoms with Crippen LogP contribution in [0.15, 0.2) is 109 Å². The highest BCUT2D eigenvalue weighted by molar-refractivity contribution is 6.08. The maximum atomic E-state index is 13.5. The standard InChI is InChI=1S/C30H28N2O2/c1-23-13-17-25(18-14-23)29(33)31(27-9-5-3-6-10-27)21-22-32(28-11-7-4-8-12-28)30(34)26-19-15-24(2)16-20-26/h3-20H,21-22H2,1-2H3. The van der Waals surface area contributed by atoms with E-state index < -0.39 is 0 Å². The maximum absolute atomic E-state index is 13.5. The molecule has 170 valence electrons. The van der Waals surface area contributed by atoms with E-state index in [9.17, 15) is 9.59 Å². The normalized spacial score (nSPS) is 10.5. The Labute approximate surface area is 201 Å². The summed E-state index contributed by atoms with van der Waals surface area (Å²) >= 11 is 0. The summed E-state index contributed by atoms with van der Waals surface area (Å²) in [5.74, 6) is -0.191. The Morgan fingerprint density at radius 3 is 1.15 bits per heavy atom. The van der Waals surface area contributed by atoms with Crippen molar-refractivity contribution in [2.24, 2.45) is 0 Å². The number of benzene rings is 4. The third kappa shape index (κ3) is 5.41.